The fourth-order valence-electron chi connectivity index (χ4n) is 2.59. The van der Waals surface area contributed by atoms with Gasteiger partial charge in [0.1, 0.15) is 6.10 Å². The number of phenolic OH excluding ortho intramolecular Hbond substituents is 1. The Morgan fingerprint density at radius 1 is 1.21 bits per heavy atom. The molecule has 0 radical (unpaired) electrons. The number of nitrogens with zero attached hydrogens (tertiary/aromatic N) is 1. The first kappa shape index (κ1) is 21.3. The smallest absolute Gasteiger partial charge is 0.412 e. The van der Waals surface area contributed by atoms with Gasteiger partial charge in [-0.25, -0.2) is 9.59 Å². The minimum absolute atomic E-state index is 0.138. The summed E-state index contributed by atoms with van der Waals surface area (Å²) in [6.07, 6.45) is 0.706. The van der Waals surface area contributed by atoms with Crippen molar-refractivity contribution in [2.45, 2.75) is 13.0 Å². The van der Waals surface area contributed by atoms with Crippen molar-refractivity contribution in [2.24, 2.45) is 5.92 Å². The molecule has 3 N–H and O–H groups in total. The molecule has 0 aliphatic rings. The standard InChI is InChI=1S/C21H20N2O6/c1-13(3-10-19(25)26)20(15-6-9-18(28-2)17(24)11-15)29-21(27)23-16-7-4-14(12-22)5-8-16/h3-11,13,20,24H,1-2H3,(H,23,27)(H,25,26)/b10-3+/t13-,20+/m0/s1. The Morgan fingerprint density at radius 3 is 2.45 bits per heavy atom. The fraction of sp³-hybridized carbons (Fsp3) is 0.190. The third kappa shape index (κ3) is 6.01. The number of hydrogen-bond donors (Lipinski definition) is 3. The molecule has 29 heavy (non-hydrogen) atoms. The highest BCUT2D eigenvalue weighted by Crippen LogP contribution is 2.34. The molecule has 2 aromatic carbocycles. The Kier molecular flexibility index (Phi) is 7.20. The van der Waals surface area contributed by atoms with Gasteiger partial charge >= 0.3 is 12.1 Å². The number of methoxy groups -OCH3 is 1. The van der Waals surface area contributed by atoms with Crippen molar-refractivity contribution >= 4 is 17.7 Å². The van der Waals surface area contributed by atoms with E-state index in [1.807, 2.05) is 6.07 Å². The summed E-state index contributed by atoms with van der Waals surface area (Å²) in [5.41, 5.74) is 1.34. The molecule has 0 bridgehead atoms. The predicted octanol–water partition coefficient (Wildman–Crippen LogP) is 3.84. The molecular weight excluding hydrogens is 376 g/mol. The van der Waals surface area contributed by atoms with Crippen LogP contribution >= 0.6 is 0 Å². The summed E-state index contributed by atoms with van der Waals surface area (Å²) >= 11 is 0. The Bertz CT molecular complexity index is 947. The Labute approximate surface area is 167 Å². The van der Waals surface area contributed by atoms with Crippen molar-refractivity contribution < 1.29 is 29.3 Å². The third-order valence-corrected chi connectivity index (χ3v) is 4.05. The maximum Gasteiger partial charge on any atom is 0.412 e. The number of carbonyl (C=O) groups excluding carboxylic acids is 1. The molecule has 2 aromatic rings. The molecule has 1 amide bonds. The van der Waals surface area contributed by atoms with Crippen molar-refractivity contribution in [3.63, 3.8) is 0 Å². The molecule has 2 rings (SSSR count). The van der Waals surface area contributed by atoms with Gasteiger partial charge in [0.2, 0.25) is 0 Å². The van der Waals surface area contributed by atoms with Crippen LogP contribution in [-0.2, 0) is 9.53 Å². The third-order valence-electron chi connectivity index (χ3n) is 4.05. The van der Waals surface area contributed by atoms with Gasteiger partial charge in [0.25, 0.3) is 0 Å². The monoisotopic (exact) mass is 396 g/mol. The van der Waals surface area contributed by atoms with Crippen LogP contribution in [0, 0.1) is 17.2 Å². The summed E-state index contributed by atoms with van der Waals surface area (Å²) in [6.45, 7) is 1.68. The molecule has 0 spiro atoms. The zero-order valence-electron chi connectivity index (χ0n) is 15.8. The summed E-state index contributed by atoms with van der Waals surface area (Å²) in [5.74, 6) is -1.52. The van der Waals surface area contributed by atoms with Gasteiger partial charge in [0.05, 0.1) is 18.7 Å². The number of nitrogens with one attached hydrogen (secondary N) is 1. The van der Waals surface area contributed by atoms with Crippen molar-refractivity contribution in [3.05, 3.63) is 65.7 Å². The van der Waals surface area contributed by atoms with E-state index >= 15 is 0 Å². The number of carboxylic acids is 1. The lowest BCUT2D eigenvalue weighted by atomic mass is 9.96. The summed E-state index contributed by atoms with van der Waals surface area (Å²) in [4.78, 5) is 23.2. The lowest BCUT2D eigenvalue weighted by Crippen LogP contribution is -2.21. The lowest BCUT2D eigenvalue weighted by Gasteiger charge is -2.23. The molecule has 0 aliphatic heterocycles. The highest BCUT2D eigenvalue weighted by molar-refractivity contribution is 5.85. The minimum atomic E-state index is -1.13. The maximum atomic E-state index is 12.4. The number of phenols is 1. The molecule has 0 fully saturated rings. The number of anilines is 1. The van der Waals surface area contributed by atoms with Crippen LogP contribution in [0.1, 0.15) is 24.2 Å². The van der Waals surface area contributed by atoms with E-state index in [0.29, 0.717) is 16.8 Å². The second-order valence-electron chi connectivity index (χ2n) is 6.13. The van der Waals surface area contributed by atoms with E-state index in [2.05, 4.69) is 5.32 Å². The van der Waals surface area contributed by atoms with Gasteiger partial charge in [-0.3, -0.25) is 5.32 Å². The Balaban J connectivity index is 2.24. The van der Waals surface area contributed by atoms with Gasteiger partial charge in [-0.15, -0.1) is 0 Å². The van der Waals surface area contributed by atoms with Crippen LogP contribution < -0.4 is 10.1 Å². The number of rotatable bonds is 7. The number of ether oxygens (including phenoxy) is 2. The number of hydrogen-bond acceptors (Lipinski definition) is 6. The number of aliphatic carboxylic acids is 1. The van der Waals surface area contributed by atoms with Crippen molar-refractivity contribution in [3.8, 4) is 17.6 Å². The fourth-order valence-corrected chi connectivity index (χ4v) is 2.59. The first-order chi connectivity index (χ1) is 13.8. The number of aromatic hydroxyl groups is 1. The van der Waals surface area contributed by atoms with E-state index in [0.717, 1.165) is 6.08 Å². The summed E-state index contributed by atoms with van der Waals surface area (Å²) in [7, 11) is 1.41. The van der Waals surface area contributed by atoms with E-state index in [1.165, 1.54) is 25.3 Å². The zero-order chi connectivity index (χ0) is 21.4. The molecular formula is C21H20N2O6. The normalized spacial score (nSPS) is 12.6. The SMILES string of the molecule is COc1ccc([C@H](OC(=O)Nc2ccc(C#N)cc2)[C@@H](C)/C=C/C(=O)O)cc1O. The van der Waals surface area contributed by atoms with Gasteiger partial charge < -0.3 is 19.7 Å². The van der Waals surface area contributed by atoms with Crippen molar-refractivity contribution in [2.75, 3.05) is 12.4 Å². The van der Waals surface area contributed by atoms with Gasteiger partial charge in [0.15, 0.2) is 11.5 Å². The highest BCUT2D eigenvalue weighted by atomic mass is 16.6. The average molecular weight is 396 g/mol. The van der Waals surface area contributed by atoms with E-state index in [1.54, 1.807) is 37.3 Å². The number of nitriles is 1. The van der Waals surface area contributed by atoms with E-state index < -0.39 is 24.1 Å². The van der Waals surface area contributed by atoms with Crippen LogP contribution in [-0.4, -0.2) is 29.4 Å². The van der Waals surface area contributed by atoms with Crippen molar-refractivity contribution in [1.82, 2.24) is 0 Å². The quantitative estimate of drug-likeness (QED) is 0.606. The van der Waals surface area contributed by atoms with Crippen LogP contribution in [0.3, 0.4) is 0 Å². The van der Waals surface area contributed by atoms with Gasteiger partial charge in [-0.1, -0.05) is 19.1 Å². The Hall–Kier alpha value is -3.99. The van der Waals surface area contributed by atoms with Crippen LogP contribution in [0.25, 0.3) is 0 Å². The first-order valence-corrected chi connectivity index (χ1v) is 8.60. The molecule has 0 aromatic heterocycles. The van der Waals surface area contributed by atoms with E-state index in [4.69, 9.17) is 19.8 Å². The molecule has 2 atom stereocenters. The van der Waals surface area contributed by atoms with Crippen LogP contribution in [0.5, 0.6) is 11.5 Å². The molecule has 0 unspecified atom stereocenters. The molecule has 0 heterocycles. The molecule has 8 heteroatoms. The zero-order valence-corrected chi connectivity index (χ0v) is 15.8. The van der Waals surface area contributed by atoms with Crippen molar-refractivity contribution in [1.29, 1.82) is 5.26 Å². The summed E-state index contributed by atoms with van der Waals surface area (Å²) in [6, 6.07) is 12.7. The molecule has 150 valence electrons. The predicted molar refractivity (Wildman–Crippen MR) is 105 cm³/mol. The second-order valence-corrected chi connectivity index (χ2v) is 6.13. The Morgan fingerprint density at radius 2 is 1.90 bits per heavy atom. The summed E-state index contributed by atoms with van der Waals surface area (Å²) < 4.78 is 10.5. The average Bonchev–Trinajstić information content (AvgIpc) is 2.70. The highest BCUT2D eigenvalue weighted by Gasteiger charge is 2.23. The number of benzene rings is 2. The molecule has 0 aliphatic carbocycles. The molecule has 8 nitrogen and oxygen atoms in total. The summed E-state index contributed by atoms with van der Waals surface area (Å²) in [5, 5.41) is 30.3. The minimum Gasteiger partial charge on any atom is -0.504 e. The lowest BCUT2D eigenvalue weighted by molar-refractivity contribution is -0.131. The maximum absolute atomic E-state index is 12.4. The van der Waals surface area contributed by atoms with Gasteiger partial charge in [-0.2, -0.15) is 5.26 Å². The molecule has 0 saturated carbocycles. The van der Waals surface area contributed by atoms with Crippen LogP contribution in [0.2, 0.25) is 0 Å². The topological polar surface area (TPSA) is 129 Å². The van der Waals surface area contributed by atoms with E-state index in [-0.39, 0.29) is 11.5 Å². The van der Waals surface area contributed by atoms with Crippen LogP contribution in [0.4, 0.5) is 10.5 Å². The largest absolute Gasteiger partial charge is 0.504 e. The number of carboxylic acid groups (broad SMARTS) is 1. The number of amides is 1. The second kappa shape index (κ2) is 9.80. The van der Waals surface area contributed by atoms with Crippen LogP contribution in [0.15, 0.2) is 54.6 Å². The molecule has 0 saturated heterocycles. The van der Waals surface area contributed by atoms with Gasteiger partial charge in [-0.05, 0) is 42.0 Å². The van der Waals surface area contributed by atoms with E-state index in [9.17, 15) is 14.7 Å². The first-order valence-electron chi connectivity index (χ1n) is 8.60. The van der Waals surface area contributed by atoms with Gasteiger partial charge in [0, 0.05) is 17.7 Å². The number of carbonyl (C=O) groups is 2.